The zero-order chi connectivity index (χ0) is 29.0. The summed E-state index contributed by atoms with van der Waals surface area (Å²) in [5.74, 6) is -3.01. The zero-order valence-electron chi connectivity index (χ0n) is 22.8. The number of fused-ring (bicyclic) bond motifs is 1. The molecule has 10 heteroatoms. The highest BCUT2D eigenvalue weighted by Crippen LogP contribution is 2.59. The molecule has 2 aliphatic carbocycles. The first-order chi connectivity index (χ1) is 18.9. The van der Waals surface area contributed by atoms with E-state index in [1.165, 1.54) is 54.4 Å². The number of Topliss-reactive ketones (excluding diaryl/α,β-unsaturated/α-hetero) is 1. The fourth-order valence-corrected chi connectivity index (χ4v) is 7.33. The molecule has 0 saturated carbocycles. The summed E-state index contributed by atoms with van der Waals surface area (Å²) in [6, 6.07) is 2.47. The van der Waals surface area contributed by atoms with Gasteiger partial charge in [-0.2, -0.15) is 0 Å². The fourth-order valence-electron chi connectivity index (χ4n) is 7.33. The maximum Gasteiger partial charge on any atom is 0.194 e. The lowest BCUT2D eigenvalue weighted by Crippen LogP contribution is -2.43. The van der Waals surface area contributed by atoms with Gasteiger partial charge in [0.15, 0.2) is 22.4 Å². The molecule has 0 heterocycles. The van der Waals surface area contributed by atoms with Gasteiger partial charge in [-0.25, -0.2) is 0 Å². The van der Waals surface area contributed by atoms with Crippen LogP contribution < -0.4 is 30.3 Å². The molecular weight excluding hydrogens is 520 g/mol. The van der Waals surface area contributed by atoms with Gasteiger partial charge in [0.25, 0.3) is 0 Å². The van der Waals surface area contributed by atoms with Crippen LogP contribution in [0.5, 0.6) is 23.0 Å². The zero-order valence-corrected chi connectivity index (χ0v) is 22.8. The second-order valence-electron chi connectivity index (χ2n) is 10.7. The number of hydrogen-bond acceptors (Lipinski definition) is 10. The molecule has 0 fully saturated rings. The smallest absolute Gasteiger partial charge is 0.194 e. The molecule has 0 spiro atoms. The normalized spacial score (nSPS) is 23.7. The Kier molecular flexibility index (Phi) is 5.49. The van der Waals surface area contributed by atoms with Crippen molar-refractivity contribution in [1.29, 1.82) is 0 Å². The summed E-state index contributed by atoms with van der Waals surface area (Å²) in [6.07, 6.45) is -1.13. The van der Waals surface area contributed by atoms with Crippen LogP contribution in [0, 0.1) is 0 Å². The minimum absolute atomic E-state index is 0.0140. The Labute approximate surface area is 227 Å². The van der Waals surface area contributed by atoms with Crippen molar-refractivity contribution in [2.24, 2.45) is 0 Å². The number of aliphatic hydroxyl groups is 2. The number of methoxy groups -OCH3 is 4. The summed E-state index contributed by atoms with van der Waals surface area (Å²) in [7, 11) is 5.46. The van der Waals surface area contributed by atoms with Crippen LogP contribution >= 0.6 is 0 Å². The van der Waals surface area contributed by atoms with E-state index < -0.39 is 45.9 Å². The molecule has 6 rings (SSSR count). The second kappa shape index (κ2) is 8.42. The summed E-state index contributed by atoms with van der Waals surface area (Å²) >= 11 is 0. The van der Waals surface area contributed by atoms with E-state index in [0.29, 0.717) is 27.1 Å². The van der Waals surface area contributed by atoms with Gasteiger partial charge in [0.2, 0.25) is 0 Å². The standard InChI is InChI=1S/C30H28O10/c1-10(31)25-24-22-16-11(9-30(25,2)36)28(39-5)26(34)17-12(32)7-14(37-3)19(21(16)17)20-15(38-4)8-13(33)18(23(20)22)27(35)29(24)40-6/h7-8,11,25,28,34-36H,9H2,1-6H3. The van der Waals surface area contributed by atoms with Crippen molar-refractivity contribution in [3.8, 4) is 23.0 Å². The SMILES string of the molecule is COc1c2c3c4c5c(c(=O)cc(OC)c5c5c(OC)cc(=O)c(c1O)c35)=C(O)C(OC)C4CC(C)(O)C2C(C)=O. The van der Waals surface area contributed by atoms with Crippen LogP contribution in [0.2, 0.25) is 0 Å². The third-order valence-electron chi connectivity index (χ3n) is 8.62. The Morgan fingerprint density at radius 1 is 0.850 bits per heavy atom. The highest BCUT2D eigenvalue weighted by atomic mass is 16.5. The number of ketones is 1. The van der Waals surface area contributed by atoms with Crippen LogP contribution in [0.25, 0.3) is 38.1 Å². The van der Waals surface area contributed by atoms with Crippen LogP contribution in [0.15, 0.2) is 21.7 Å². The first kappa shape index (κ1) is 26.1. The molecule has 208 valence electrons. The average molecular weight is 549 g/mol. The molecule has 4 atom stereocenters. The van der Waals surface area contributed by atoms with Crippen molar-refractivity contribution in [3.05, 3.63) is 48.9 Å². The van der Waals surface area contributed by atoms with E-state index in [1.807, 2.05) is 0 Å². The highest BCUT2D eigenvalue weighted by molar-refractivity contribution is 6.29. The molecule has 4 unspecified atom stereocenters. The van der Waals surface area contributed by atoms with Crippen molar-refractivity contribution in [3.63, 3.8) is 0 Å². The predicted molar refractivity (Wildman–Crippen MR) is 147 cm³/mol. The number of hydrogen-bond donors (Lipinski definition) is 3. The third-order valence-corrected chi connectivity index (χ3v) is 8.62. The molecular formula is C30H28O10. The second-order valence-corrected chi connectivity index (χ2v) is 10.7. The lowest BCUT2D eigenvalue weighted by atomic mass is 9.74. The van der Waals surface area contributed by atoms with Gasteiger partial charge in [-0.05, 0) is 31.2 Å². The molecule has 0 saturated heterocycles. The first-order valence-electron chi connectivity index (χ1n) is 12.7. The van der Waals surface area contributed by atoms with Gasteiger partial charge in [0, 0.05) is 52.3 Å². The fraction of sp³-hybridized carbons (Fsp3) is 0.367. The van der Waals surface area contributed by atoms with E-state index >= 15 is 0 Å². The number of benzene rings is 4. The number of carbonyl (C=O) groups is 1. The number of phenols is 1. The Morgan fingerprint density at radius 2 is 1.45 bits per heavy atom. The predicted octanol–water partition coefficient (Wildman–Crippen LogP) is 2.36. The minimum atomic E-state index is -1.72. The molecule has 3 N–H and O–H groups in total. The molecule has 0 radical (unpaired) electrons. The molecule has 4 aromatic rings. The Bertz CT molecular complexity index is 1960. The van der Waals surface area contributed by atoms with Crippen molar-refractivity contribution in [2.75, 3.05) is 28.4 Å². The van der Waals surface area contributed by atoms with Gasteiger partial charge < -0.3 is 34.3 Å². The monoisotopic (exact) mass is 548 g/mol. The summed E-state index contributed by atoms with van der Waals surface area (Å²) in [4.78, 5) is 40.4. The molecule has 0 bridgehead atoms. The number of phenolic OH excluding ortho intramolecular Hbond substituents is 1. The largest absolute Gasteiger partial charge is 0.509 e. The molecule has 0 amide bonds. The van der Waals surface area contributed by atoms with Gasteiger partial charge in [0.1, 0.15) is 29.1 Å². The van der Waals surface area contributed by atoms with Crippen molar-refractivity contribution in [2.45, 2.75) is 43.8 Å². The van der Waals surface area contributed by atoms with E-state index in [0.717, 1.165) is 0 Å². The lowest BCUT2D eigenvalue weighted by molar-refractivity contribution is -0.124. The van der Waals surface area contributed by atoms with Crippen molar-refractivity contribution in [1.82, 2.24) is 0 Å². The van der Waals surface area contributed by atoms with Crippen LogP contribution in [0.1, 0.15) is 43.2 Å². The van der Waals surface area contributed by atoms with Crippen molar-refractivity contribution >= 4 is 43.9 Å². The summed E-state index contributed by atoms with van der Waals surface area (Å²) < 4.78 is 22.7. The number of ether oxygens (including phenoxy) is 4. The quantitative estimate of drug-likeness (QED) is 0.251. The topological polar surface area (TPSA) is 149 Å². The van der Waals surface area contributed by atoms with Crippen LogP contribution in [0.3, 0.4) is 0 Å². The van der Waals surface area contributed by atoms with Gasteiger partial charge >= 0.3 is 0 Å². The summed E-state index contributed by atoms with van der Waals surface area (Å²) in [5, 5.41) is 36.5. The maximum atomic E-state index is 13.5. The molecule has 40 heavy (non-hydrogen) atoms. The highest BCUT2D eigenvalue weighted by Gasteiger charge is 2.50. The van der Waals surface area contributed by atoms with Crippen LogP contribution in [-0.2, 0) is 9.53 Å². The summed E-state index contributed by atoms with van der Waals surface area (Å²) in [6.45, 7) is 2.83. The molecule has 4 aromatic carbocycles. The molecule has 10 nitrogen and oxygen atoms in total. The number of aromatic hydroxyl groups is 1. The lowest BCUT2D eigenvalue weighted by Gasteiger charge is -2.36. The van der Waals surface area contributed by atoms with Crippen LogP contribution in [0.4, 0.5) is 0 Å². The third kappa shape index (κ3) is 2.97. The van der Waals surface area contributed by atoms with E-state index in [4.69, 9.17) is 18.9 Å². The van der Waals surface area contributed by atoms with Gasteiger partial charge in [-0.15, -0.1) is 0 Å². The van der Waals surface area contributed by atoms with Crippen LogP contribution in [-0.4, -0.2) is 61.2 Å². The van der Waals surface area contributed by atoms with E-state index in [-0.39, 0.29) is 51.0 Å². The number of rotatable bonds is 5. The minimum Gasteiger partial charge on any atom is -0.509 e. The molecule has 0 aromatic heterocycles. The summed E-state index contributed by atoms with van der Waals surface area (Å²) in [5.41, 5.74) is -2.14. The van der Waals surface area contributed by atoms with E-state index in [2.05, 4.69) is 0 Å². The average Bonchev–Trinajstić information content (AvgIpc) is 2.99. The first-order valence-corrected chi connectivity index (χ1v) is 12.7. The Morgan fingerprint density at radius 3 is 2.00 bits per heavy atom. The van der Waals surface area contributed by atoms with Gasteiger partial charge in [0.05, 0.1) is 43.5 Å². The Balaban J connectivity index is 2.15. The number of carbonyl (C=O) groups excluding carboxylic acids is 1. The van der Waals surface area contributed by atoms with E-state index in [1.54, 1.807) is 0 Å². The Hall–Kier alpha value is -4.15. The molecule has 2 aliphatic rings. The van der Waals surface area contributed by atoms with Crippen molar-refractivity contribution < 1.29 is 39.1 Å². The maximum absolute atomic E-state index is 13.5. The van der Waals surface area contributed by atoms with E-state index in [9.17, 15) is 29.7 Å². The number of aliphatic hydroxyl groups excluding tert-OH is 1. The molecule has 0 aliphatic heterocycles. The van der Waals surface area contributed by atoms with Gasteiger partial charge in [-0.1, -0.05) is 0 Å². The van der Waals surface area contributed by atoms with Gasteiger partial charge in [-0.3, -0.25) is 14.4 Å².